The molecule has 3 aromatic rings. The summed E-state index contributed by atoms with van der Waals surface area (Å²) >= 11 is 3.57. The number of halogens is 1. The zero-order valence-corrected chi connectivity index (χ0v) is 19.9. The molecule has 0 aliphatic carbocycles. The van der Waals surface area contributed by atoms with Crippen LogP contribution in [0.25, 0.3) is 21.8 Å². The Hall–Kier alpha value is -2.09. The molecule has 31 heavy (non-hydrogen) atoms. The SMILES string of the molecule is CC(C)(C)OC(=O)N1CCN(C[C@H](O)Cn2c3ccccc3c3cc(Br)ccc32)CC1. The van der Waals surface area contributed by atoms with E-state index >= 15 is 0 Å². The van der Waals surface area contributed by atoms with Crippen LogP contribution in [0.1, 0.15) is 20.8 Å². The fraction of sp³-hybridized carbons (Fsp3) is 0.458. The van der Waals surface area contributed by atoms with Crippen molar-refractivity contribution in [3.8, 4) is 0 Å². The first-order valence-corrected chi connectivity index (χ1v) is 11.6. The first-order chi connectivity index (χ1) is 14.7. The monoisotopic (exact) mass is 487 g/mol. The van der Waals surface area contributed by atoms with Crippen molar-refractivity contribution >= 4 is 43.8 Å². The summed E-state index contributed by atoms with van der Waals surface area (Å²) in [6.45, 7) is 9.44. The Balaban J connectivity index is 1.41. The molecule has 6 nitrogen and oxygen atoms in total. The Morgan fingerprint density at radius 3 is 2.42 bits per heavy atom. The predicted molar refractivity (Wildman–Crippen MR) is 127 cm³/mol. The summed E-state index contributed by atoms with van der Waals surface area (Å²) < 4.78 is 8.72. The maximum absolute atomic E-state index is 12.3. The van der Waals surface area contributed by atoms with Crippen molar-refractivity contribution in [3.05, 3.63) is 46.9 Å². The molecule has 7 heteroatoms. The molecule has 4 rings (SSSR count). The molecule has 1 aliphatic heterocycles. The fourth-order valence-corrected chi connectivity index (χ4v) is 4.59. The third kappa shape index (κ3) is 5.05. The molecule has 1 saturated heterocycles. The molecule has 0 unspecified atom stereocenters. The zero-order valence-electron chi connectivity index (χ0n) is 18.3. The van der Waals surface area contributed by atoms with Crippen LogP contribution in [0.2, 0.25) is 0 Å². The second-order valence-electron chi connectivity index (χ2n) is 9.21. The molecule has 0 bridgehead atoms. The number of benzene rings is 2. The van der Waals surface area contributed by atoms with Crippen LogP contribution in [0.15, 0.2) is 46.9 Å². The summed E-state index contributed by atoms with van der Waals surface area (Å²) in [5.41, 5.74) is 1.77. The van der Waals surface area contributed by atoms with Gasteiger partial charge in [-0.15, -0.1) is 0 Å². The smallest absolute Gasteiger partial charge is 0.410 e. The van der Waals surface area contributed by atoms with Gasteiger partial charge in [0.05, 0.1) is 12.6 Å². The van der Waals surface area contributed by atoms with Crippen LogP contribution in [0.5, 0.6) is 0 Å². The van der Waals surface area contributed by atoms with E-state index in [0.29, 0.717) is 26.2 Å². The lowest BCUT2D eigenvalue weighted by molar-refractivity contribution is 0.00950. The van der Waals surface area contributed by atoms with Crippen molar-refractivity contribution in [1.29, 1.82) is 0 Å². The average Bonchev–Trinajstić information content (AvgIpc) is 3.00. The number of carbonyl (C=O) groups is 1. The highest BCUT2D eigenvalue weighted by Crippen LogP contribution is 2.31. The highest BCUT2D eigenvalue weighted by atomic mass is 79.9. The minimum atomic E-state index is -0.504. The maximum Gasteiger partial charge on any atom is 0.410 e. The van der Waals surface area contributed by atoms with Crippen LogP contribution in [0, 0.1) is 0 Å². The largest absolute Gasteiger partial charge is 0.444 e. The number of fused-ring (bicyclic) bond motifs is 3. The molecule has 0 saturated carbocycles. The maximum atomic E-state index is 12.3. The number of carbonyl (C=O) groups excluding carboxylic acids is 1. The minimum absolute atomic E-state index is 0.260. The first kappa shape index (κ1) is 22.1. The molecule has 166 valence electrons. The molecule has 1 N–H and O–H groups in total. The van der Waals surface area contributed by atoms with Gasteiger partial charge in [-0.05, 0) is 45.0 Å². The van der Waals surface area contributed by atoms with Crippen LogP contribution in [-0.4, -0.2) is 70.0 Å². The summed E-state index contributed by atoms with van der Waals surface area (Å²) in [5, 5.41) is 13.3. The number of aliphatic hydroxyl groups is 1. The number of nitrogens with zero attached hydrogens (tertiary/aromatic N) is 3. The van der Waals surface area contributed by atoms with Gasteiger partial charge in [-0.2, -0.15) is 0 Å². The third-order valence-electron chi connectivity index (χ3n) is 5.62. The van der Waals surface area contributed by atoms with E-state index in [9.17, 15) is 9.90 Å². The second-order valence-corrected chi connectivity index (χ2v) is 10.1. The molecule has 1 atom stereocenters. The van der Waals surface area contributed by atoms with Crippen molar-refractivity contribution in [2.24, 2.45) is 0 Å². The molecule has 2 aromatic carbocycles. The van der Waals surface area contributed by atoms with E-state index in [1.54, 1.807) is 4.90 Å². The van der Waals surface area contributed by atoms with Crippen LogP contribution in [0.4, 0.5) is 4.79 Å². The summed E-state index contributed by atoms with van der Waals surface area (Å²) in [4.78, 5) is 16.2. The lowest BCUT2D eigenvalue weighted by Gasteiger charge is -2.36. The number of para-hydroxylation sites is 1. The lowest BCUT2D eigenvalue weighted by atomic mass is 10.2. The Labute approximate surface area is 191 Å². The summed E-state index contributed by atoms with van der Waals surface area (Å²) in [7, 11) is 0. The molecule has 1 aliphatic rings. The van der Waals surface area contributed by atoms with Gasteiger partial charge in [-0.25, -0.2) is 4.79 Å². The summed E-state index contributed by atoms with van der Waals surface area (Å²) in [6.07, 6.45) is -0.764. The van der Waals surface area contributed by atoms with Gasteiger partial charge in [0.2, 0.25) is 0 Å². The fourth-order valence-electron chi connectivity index (χ4n) is 4.23. The predicted octanol–water partition coefficient (Wildman–Crippen LogP) is 4.47. The van der Waals surface area contributed by atoms with Crippen molar-refractivity contribution in [3.63, 3.8) is 0 Å². The van der Waals surface area contributed by atoms with E-state index in [-0.39, 0.29) is 6.09 Å². The van der Waals surface area contributed by atoms with E-state index in [2.05, 4.69) is 49.7 Å². The zero-order chi connectivity index (χ0) is 22.2. The average molecular weight is 488 g/mol. The molecular weight excluding hydrogens is 458 g/mol. The first-order valence-electron chi connectivity index (χ1n) is 10.8. The van der Waals surface area contributed by atoms with E-state index in [0.717, 1.165) is 28.6 Å². The van der Waals surface area contributed by atoms with Crippen molar-refractivity contribution in [2.75, 3.05) is 32.7 Å². The molecule has 0 spiro atoms. The Morgan fingerprint density at radius 2 is 1.71 bits per heavy atom. The lowest BCUT2D eigenvalue weighted by Crippen LogP contribution is -2.51. The van der Waals surface area contributed by atoms with Gasteiger partial charge in [0.25, 0.3) is 0 Å². The Kier molecular flexibility index (Phi) is 6.28. The molecule has 1 amide bonds. The third-order valence-corrected chi connectivity index (χ3v) is 6.11. The molecule has 1 aromatic heterocycles. The number of β-amino-alcohol motifs (C(OH)–C–C–N with tert-alkyl or cyclic N) is 1. The Morgan fingerprint density at radius 1 is 1.03 bits per heavy atom. The molecule has 2 heterocycles. The number of hydrogen-bond donors (Lipinski definition) is 1. The van der Waals surface area contributed by atoms with Crippen LogP contribution in [-0.2, 0) is 11.3 Å². The second kappa shape index (κ2) is 8.81. The van der Waals surface area contributed by atoms with Gasteiger partial charge >= 0.3 is 6.09 Å². The standard InChI is InChI=1S/C24H30BrN3O3/c1-24(2,3)31-23(30)27-12-10-26(11-13-27)15-18(29)16-28-21-7-5-4-6-19(21)20-14-17(25)8-9-22(20)28/h4-9,14,18,29H,10-13,15-16H2,1-3H3/t18-/m0/s1. The van der Waals surface area contributed by atoms with Crippen molar-refractivity contribution < 1.29 is 14.6 Å². The number of aromatic nitrogens is 1. The van der Waals surface area contributed by atoms with Crippen molar-refractivity contribution in [2.45, 2.75) is 39.0 Å². The normalized spacial score (nSPS) is 16.7. The van der Waals surface area contributed by atoms with Gasteiger partial charge in [0.1, 0.15) is 5.60 Å². The van der Waals surface area contributed by atoms with Crippen LogP contribution >= 0.6 is 15.9 Å². The van der Waals surface area contributed by atoms with Crippen LogP contribution < -0.4 is 0 Å². The Bertz CT molecular complexity index is 1080. The van der Waals surface area contributed by atoms with E-state index in [4.69, 9.17) is 4.74 Å². The highest BCUT2D eigenvalue weighted by Gasteiger charge is 2.26. The van der Waals surface area contributed by atoms with E-state index < -0.39 is 11.7 Å². The van der Waals surface area contributed by atoms with E-state index in [1.165, 1.54) is 10.8 Å². The molecular formula is C24H30BrN3O3. The number of hydrogen-bond acceptors (Lipinski definition) is 4. The van der Waals surface area contributed by atoms with Gasteiger partial charge in [0.15, 0.2) is 0 Å². The van der Waals surface area contributed by atoms with Crippen molar-refractivity contribution in [1.82, 2.24) is 14.4 Å². The van der Waals surface area contributed by atoms with Gasteiger partial charge in [-0.3, -0.25) is 4.90 Å². The topological polar surface area (TPSA) is 57.9 Å². The number of aliphatic hydroxyl groups excluding tert-OH is 1. The summed E-state index contributed by atoms with van der Waals surface area (Å²) in [5.74, 6) is 0. The highest BCUT2D eigenvalue weighted by molar-refractivity contribution is 9.10. The molecule has 1 fully saturated rings. The van der Waals surface area contributed by atoms with Gasteiger partial charge < -0.3 is 19.3 Å². The van der Waals surface area contributed by atoms with Crippen LogP contribution in [0.3, 0.4) is 0 Å². The summed E-state index contributed by atoms with van der Waals surface area (Å²) in [6, 6.07) is 14.6. The number of rotatable bonds is 4. The quantitative estimate of drug-likeness (QED) is 0.589. The van der Waals surface area contributed by atoms with Gasteiger partial charge in [0, 0.05) is 59.0 Å². The molecule has 0 radical (unpaired) electrons. The van der Waals surface area contributed by atoms with Gasteiger partial charge in [-0.1, -0.05) is 34.1 Å². The number of amides is 1. The van der Waals surface area contributed by atoms with E-state index in [1.807, 2.05) is 39.0 Å². The minimum Gasteiger partial charge on any atom is -0.444 e. The number of ether oxygens (including phenoxy) is 1. The number of piperazine rings is 1.